The lowest BCUT2D eigenvalue weighted by molar-refractivity contribution is -0.886. The maximum absolute atomic E-state index is 14.1. The fourth-order valence-corrected chi connectivity index (χ4v) is 5.12. The van der Waals surface area contributed by atoms with Crippen molar-refractivity contribution in [1.82, 2.24) is 0 Å². The van der Waals surface area contributed by atoms with E-state index >= 15 is 0 Å². The molecule has 10 heteroatoms. The zero-order valence-corrected chi connectivity index (χ0v) is 21.2. The van der Waals surface area contributed by atoms with Gasteiger partial charge in [-0.15, -0.1) is 12.4 Å². The molecule has 0 spiro atoms. The van der Waals surface area contributed by atoms with Crippen molar-refractivity contribution in [3.63, 3.8) is 0 Å². The predicted octanol–water partition coefficient (Wildman–Crippen LogP) is 6.88. The molecule has 1 saturated heterocycles. The number of amides is 1. The minimum absolute atomic E-state index is 0. The Morgan fingerprint density at radius 2 is 1.47 bits per heavy atom. The molecule has 1 amide bonds. The number of nitrogens with two attached hydrogens (primary N) is 1. The van der Waals surface area contributed by atoms with Gasteiger partial charge >= 0.3 is 18.3 Å². The Kier molecular flexibility index (Phi) is 8.97. The first-order chi connectivity index (χ1) is 16.0. The average Bonchev–Trinajstić information content (AvgIpc) is 2.73. The quantitative estimate of drug-likeness (QED) is 0.341. The van der Waals surface area contributed by atoms with Crippen molar-refractivity contribution in [2.75, 3.05) is 13.1 Å². The lowest BCUT2D eigenvalue weighted by atomic mass is 9.84. The van der Waals surface area contributed by atoms with Crippen molar-refractivity contribution in [2.45, 2.75) is 64.5 Å². The number of hydrogen-bond donors (Lipinski definition) is 1. The Labute approximate surface area is 213 Å². The summed E-state index contributed by atoms with van der Waals surface area (Å²) in [6.45, 7) is 6.21. The number of quaternary nitrogens is 1. The van der Waals surface area contributed by atoms with Crippen LogP contribution >= 0.6 is 12.4 Å². The molecule has 2 aromatic carbocycles. The molecule has 0 aromatic heterocycles. The van der Waals surface area contributed by atoms with Gasteiger partial charge in [-0.1, -0.05) is 51.1 Å². The highest BCUT2D eigenvalue weighted by Gasteiger charge is 2.51. The van der Waals surface area contributed by atoms with Crippen LogP contribution < -0.4 is 5.73 Å². The van der Waals surface area contributed by atoms with Crippen LogP contribution in [-0.2, 0) is 18.8 Å². The van der Waals surface area contributed by atoms with Gasteiger partial charge in [-0.3, -0.25) is 4.48 Å². The van der Waals surface area contributed by atoms with E-state index in [1.54, 1.807) is 0 Å². The lowest BCUT2D eigenvalue weighted by Gasteiger charge is -2.49. The van der Waals surface area contributed by atoms with E-state index in [1.165, 1.54) is 0 Å². The van der Waals surface area contributed by atoms with Gasteiger partial charge in [0.1, 0.15) is 6.04 Å². The molecular weight excluding hydrogens is 506 g/mol. The number of carbonyl (C=O) groups is 1. The summed E-state index contributed by atoms with van der Waals surface area (Å²) in [4.78, 5) is 14.1. The van der Waals surface area contributed by atoms with Crippen LogP contribution in [0.5, 0.6) is 0 Å². The summed E-state index contributed by atoms with van der Waals surface area (Å²) in [5.74, 6) is -0.732. The smallest absolute Gasteiger partial charge is 0.327 e. The number of benzene rings is 2. The molecule has 0 radical (unpaired) electrons. The number of likely N-dealkylation sites (tertiary alicyclic amines) is 1. The van der Waals surface area contributed by atoms with Gasteiger partial charge in [-0.2, -0.15) is 26.3 Å². The molecule has 200 valence electrons. The maximum Gasteiger partial charge on any atom is 0.416 e. The van der Waals surface area contributed by atoms with E-state index in [2.05, 4.69) is 0 Å². The molecule has 1 unspecified atom stereocenters. The molecule has 1 aliphatic heterocycles. The van der Waals surface area contributed by atoms with E-state index in [-0.39, 0.29) is 42.1 Å². The predicted molar refractivity (Wildman–Crippen MR) is 129 cm³/mol. The van der Waals surface area contributed by atoms with Gasteiger partial charge in [0.25, 0.3) is 0 Å². The molecule has 1 heterocycles. The van der Waals surface area contributed by atoms with Gasteiger partial charge < -0.3 is 5.73 Å². The number of alkyl halides is 6. The highest BCUT2D eigenvalue weighted by Crippen LogP contribution is 2.39. The van der Waals surface area contributed by atoms with Crippen molar-refractivity contribution in [3.05, 3.63) is 70.8 Å². The Hall–Kier alpha value is -2.10. The van der Waals surface area contributed by atoms with Crippen molar-refractivity contribution < 1.29 is 35.6 Å². The molecule has 3 nitrogen and oxygen atoms in total. The molecule has 2 N–H and O–H groups in total. The Morgan fingerprint density at radius 1 is 0.944 bits per heavy atom. The van der Waals surface area contributed by atoms with Crippen molar-refractivity contribution in [3.8, 4) is 0 Å². The molecule has 1 aliphatic rings. The molecule has 1 fully saturated rings. The zero-order valence-electron chi connectivity index (χ0n) is 20.4. The fourth-order valence-electron chi connectivity index (χ4n) is 5.12. The molecule has 3 rings (SSSR count). The van der Waals surface area contributed by atoms with Crippen LogP contribution in [0, 0.1) is 5.41 Å². The van der Waals surface area contributed by atoms with Crippen LogP contribution in [0.3, 0.4) is 0 Å². The van der Waals surface area contributed by atoms with Gasteiger partial charge in [0.15, 0.2) is 0 Å². The third kappa shape index (κ3) is 7.01. The highest BCUT2D eigenvalue weighted by atomic mass is 35.5. The van der Waals surface area contributed by atoms with Crippen LogP contribution in [-0.4, -0.2) is 35.6 Å². The van der Waals surface area contributed by atoms with Crippen molar-refractivity contribution in [1.29, 1.82) is 0 Å². The van der Waals surface area contributed by atoms with Crippen LogP contribution in [0.4, 0.5) is 26.3 Å². The van der Waals surface area contributed by atoms with E-state index < -0.39 is 46.4 Å². The normalized spacial score (nSPS) is 23.2. The Bertz CT molecular complexity index is 1020. The van der Waals surface area contributed by atoms with E-state index in [4.69, 9.17) is 5.73 Å². The fraction of sp³-hybridized carbons (Fsp3) is 0.500. The highest BCUT2D eigenvalue weighted by molar-refractivity contribution is 5.90. The molecule has 0 saturated carbocycles. The molecule has 0 aliphatic carbocycles. The number of piperidine rings is 1. The van der Waals surface area contributed by atoms with Crippen LogP contribution in [0.1, 0.15) is 60.7 Å². The van der Waals surface area contributed by atoms with Crippen LogP contribution in [0.15, 0.2) is 48.5 Å². The van der Waals surface area contributed by atoms with Crippen LogP contribution in [0.25, 0.3) is 0 Å². The standard InChI is InChI=1S/C26H31F6N2O.ClH/c1-24(2,3)16-34(10-9-21(33)15-22(34)11-17-7-5-4-6-8-17)23(35)18-12-19(25(27,28)29)14-20(13-18)26(30,31)32;/h4-8,12-14,21-22H,9-11,15-16,33H2,1-3H3;1H/q+1;/t21-,22+,34?;/m0./s1. The first-order valence-corrected chi connectivity index (χ1v) is 11.5. The van der Waals surface area contributed by atoms with Gasteiger partial charge in [0, 0.05) is 30.7 Å². The Balaban J connectivity index is 0.00000456. The van der Waals surface area contributed by atoms with Gasteiger partial charge in [0.2, 0.25) is 0 Å². The maximum atomic E-state index is 14.1. The summed E-state index contributed by atoms with van der Waals surface area (Å²) in [6, 6.07) is 9.87. The summed E-state index contributed by atoms with van der Waals surface area (Å²) >= 11 is 0. The summed E-state index contributed by atoms with van der Waals surface area (Å²) in [6.07, 6.45) is -8.75. The Morgan fingerprint density at radius 3 is 1.94 bits per heavy atom. The number of hydrogen-bond acceptors (Lipinski definition) is 2. The largest absolute Gasteiger partial charge is 0.416 e. The van der Waals surface area contributed by atoms with E-state index in [0.29, 0.717) is 31.4 Å². The van der Waals surface area contributed by atoms with E-state index in [0.717, 1.165) is 5.56 Å². The van der Waals surface area contributed by atoms with E-state index in [1.807, 2.05) is 51.1 Å². The second kappa shape index (κ2) is 10.7. The lowest BCUT2D eigenvalue weighted by Crippen LogP contribution is -2.67. The van der Waals surface area contributed by atoms with Gasteiger partial charge in [-0.05, 0) is 23.8 Å². The molecule has 3 atom stereocenters. The second-order valence-electron chi connectivity index (χ2n) is 10.7. The molecular formula is C26H32ClF6N2O+. The number of nitrogens with zero attached hydrogens (tertiary/aromatic N) is 1. The number of halogens is 7. The third-order valence-electron chi connectivity index (χ3n) is 6.48. The van der Waals surface area contributed by atoms with Gasteiger partial charge in [0.05, 0.1) is 29.8 Å². The SMILES string of the molecule is CC(C)(C)C[N+]1(C(=O)c2cc(C(F)(F)F)cc(C(F)(F)F)c2)CC[C@H](N)C[C@H]1Cc1ccccc1.Cl. The molecule has 0 bridgehead atoms. The number of carbonyl (C=O) groups excluding carboxylic acids is 1. The average molecular weight is 538 g/mol. The summed E-state index contributed by atoms with van der Waals surface area (Å²) < 4.78 is 80.9. The first-order valence-electron chi connectivity index (χ1n) is 11.5. The third-order valence-corrected chi connectivity index (χ3v) is 6.48. The van der Waals surface area contributed by atoms with Gasteiger partial charge in [-0.25, -0.2) is 4.79 Å². The zero-order chi connectivity index (χ0) is 26.2. The second-order valence-corrected chi connectivity index (χ2v) is 10.7. The minimum atomic E-state index is -5.03. The summed E-state index contributed by atoms with van der Waals surface area (Å²) in [5, 5.41) is 0. The topological polar surface area (TPSA) is 43.1 Å². The molecule has 2 aromatic rings. The first kappa shape index (κ1) is 30.1. The monoisotopic (exact) mass is 537 g/mol. The summed E-state index contributed by atoms with van der Waals surface area (Å²) in [5.41, 5.74) is 3.19. The van der Waals surface area contributed by atoms with E-state index in [9.17, 15) is 31.1 Å². The summed E-state index contributed by atoms with van der Waals surface area (Å²) in [7, 11) is 0. The van der Waals surface area contributed by atoms with Crippen molar-refractivity contribution in [2.24, 2.45) is 11.1 Å². The number of rotatable bonds is 4. The van der Waals surface area contributed by atoms with Crippen LogP contribution in [0.2, 0.25) is 0 Å². The molecule has 36 heavy (non-hydrogen) atoms. The minimum Gasteiger partial charge on any atom is -0.327 e. The van der Waals surface area contributed by atoms with Crippen molar-refractivity contribution >= 4 is 18.3 Å².